The smallest absolute Gasteiger partial charge is 0.238 e. The van der Waals surface area contributed by atoms with Crippen molar-refractivity contribution in [2.75, 3.05) is 26.2 Å². The quantitative estimate of drug-likeness (QED) is 0.746. The van der Waals surface area contributed by atoms with Gasteiger partial charge in [-0.05, 0) is 31.7 Å². The highest BCUT2D eigenvalue weighted by Gasteiger charge is 2.47. The first kappa shape index (κ1) is 12.8. The molecule has 0 aromatic rings. The van der Waals surface area contributed by atoms with Gasteiger partial charge in [-0.3, -0.25) is 9.69 Å². The van der Waals surface area contributed by atoms with Crippen LogP contribution < -0.4 is 11.1 Å². The Morgan fingerprint density at radius 3 is 2.82 bits per heavy atom. The Hall–Kier alpha value is -0.610. The lowest BCUT2D eigenvalue weighted by molar-refractivity contribution is -0.136. The number of primary amides is 1. The number of hydrogen-bond acceptors (Lipinski definition) is 3. The molecule has 0 bridgehead atoms. The monoisotopic (exact) mass is 239 g/mol. The lowest BCUT2D eigenvalue weighted by atomic mass is 9.71. The van der Waals surface area contributed by atoms with E-state index in [9.17, 15) is 4.79 Å². The van der Waals surface area contributed by atoms with Gasteiger partial charge in [0.2, 0.25) is 5.91 Å². The van der Waals surface area contributed by atoms with Crippen LogP contribution in [0.15, 0.2) is 0 Å². The topological polar surface area (TPSA) is 58.4 Å². The summed E-state index contributed by atoms with van der Waals surface area (Å²) >= 11 is 0. The zero-order chi connectivity index (χ0) is 12.3. The highest BCUT2D eigenvalue weighted by Crippen LogP contribution is 2.38. The average molecular weight is 239 g/mol. The van der Waals surface area contributed by atoms with E-state index in [0.717, 1.165) is 51.9 Å². The van der Waals surface area contributed by atoms with E-state index in [1.165, 1.54) is 6.42 Å². The molecule has 98 valence electrons. The lowest BCUT2D eigenvalue weighted by Crippen LogP contribution is -2.63. The molecule has 3 N–H and O–H groups in total. The van der Waals surface area contributed by atoms with Crippen molar-refractivity contribution < 1.29 is 4.79 Å². The Kier molecular flexibility index (Phi) is 4.05. The van der Waals surface area contributed by atoms with Gasteiger partial charge in [-0.1, -0.05) is 19.8 Å². The molecule has 1 aliphatic heterocycles. The fraction of sp³-hybridized carbons (Fsp3) is 0.923. The highest BCUT2D eigenvalue weighted by molar-refractivity contribution is 5.85. The molecule has 0 aromatic carbocycles. The fourth-order valence-corrected chi connectivity index (χ4v) is 3.57. The molecule has 4 heteroatoms. The van der Waals surface area contributed by atoms with Crippen molar-refractivity contribution in [1.82, 2.24) is 10.2 Å². The van der Waals surface area contributed by atoms with Crippen LogP contribution in [0.1, 0.15) is 39.0 Å². The number of nitrogens with two attached hydrogens (primary N) is 1. The molecule has 2 aliphatic rings. The van der Waals surface area contributed by atoms with Crippen LogP contribution >= 0.6 is 0 Å². The standard InChI is InChI=1S/C13H25N3O/c1-11-5-2-3-6-13(11,12(14)17)16-9-4-7-15-8-10-16/h11,15H,2-10H2,1H3,(H2,14,17). The summed E-state index contributed by atoms with van der Waals surface area (Å²) in [5.41, 5.74) is 5.40. The molecule has 2 fully saturated rings. The van der Waals surface area contributed by atoms with Crippen LogP contribution in [-0.4, -0.2) is 42.5 Å². The number of hydrogen-bond donors (Lipinski definition) is 2. The number of nitrogens with one attached hydrogen (secondary N) is 1. The third kappa shape index (κ3) is 2.33. The largest absolute Gasteiger partial charge is 0.368 e. The zero-order valence-corrected chi connectivity index (χ0v) is 10.9. The Bertz CT molecular complexity index is 274. The van der Waals surface area contributed by atoms with Gasteiger partial charge in [-0.15, -0.1) is 0 Å². The highest BCUT2D eigenvalue weighted by atomic mass is 16.1. The average Bonchev–Trinajstić information content (AvgIpc) is 2.58. The first-order chi connectivity index (χ1) is 8.18. The number of carbonyl (C=O) groups excluding carboxylic acids is 1. The molecule has 17 heavy (non-hydrogen) atoms. The van der Waals surface area contributed by atoms with E-state index in [0.29, 0.717) is 5.92 Å². The summed E-state index contributed by atoms with van der Waals surface area (Å²) < 4.78 is 0. The summed E-state index contributed by atoms with van der Waals surface area (Å²) in [6, 6.07) is 0. The van der Waals surface area contributed by atoms with Crippen LogP contribution in [0.25, 0.3) is 0 Å². The molecule has 1 amide bonds. The molecule has 0 radical (unpaired) electrons. The van der Waals surface area contributed by atoms with Gasteiger partial charge in [0.1, 0.15) is 5.54 Å². The van der Waals surface area contributed by atoms with E-state index in [1.54, 1.807) is 0 Å². The van der Waals surface area contributed by atoms with Crippen LogP contribution in [0.2, 0.25) is 0 Å². The molecule has 2 rings (SSSR count). The van der Waals surface area contributed by atoms with Crippen molar-refractivity contribution in [1.29, 1.82) is 0 Å². The summed E-state index contributed by atoms with van der Waals surface area (Å²) in [4.78, 5) is 14.4. The molecule has 0 spiro atoms. The summed E-state index contributed by atoms with van der Waals surface area (Å²) in [7, 11) is 0. The van der Waals surface area contributed by atoms with Crippen molar-refractivity contribution in [3.63, 3.8) is 0 Å². The third-order valence-corrected chi connectivity index (χ3v) is 4.59. The van der Waals surface area contributed by atoms with Gasteiger partial charge in [-0.2, -0.15) is 0 Å². The fourth-order valence-electron chi connectivity index (χ4n) is 3.57. The second-order valence-corrected chi connectivity index (χ2v) is 5.53. The van der Waals surface area contributed by atoms with Crippen LogP contribution in [0.3, 0.4) is 0 Å². The molecular weight excluding hydrogens is 214 g/mol. The number of carbonyl (C=O) groups is 1. The SMILES string of the molecule is CC1CCCCC1(C(N)=O)N1CCCNCC1. The number of amides is 1. The summed E-state index contributed by atoms with van der Waals surface area (Å²) in [5, 5.41) is 3.39. The Morgan fingerprint density at radius 2 is 2.12 bits per heavy atom. The second-order valence-electron chi connectivity index (χ2n) is 5.53. The van der Waals surface area contributed by atoms with Crippen molar-refractivity contribution in [2.45, 2.75) is 44.6 Å². The van der Waals surface area contributed by atoms with Gasteiger partial charge in [0, 0.05) is 19.6 Å². The van der Waals surface area contributed by atoms with E-state index in [2.05, 4.69) is 17.1 Å². The Balaban J connectivity index is 2.22. The molecule has 0 aromatic heterocycles. The van der Waals surface area contributed by atoms with Crippen LogP contribution in [-0.2, 0) is 4.79 Å². The van der Waals surface area contributed by atoms with Gasteiger partial charge in [0.05, 0.1) is 0 Å². The molecule has 2 atom stereocenters. The van der Waals surface area contributed by atoms with E-state index in [1.807, 2.05) is 0 Å². The maximum atomic E-state index is 12.1. The van der Waals surface area contributed by atoms with Gasteiger partial charge < -0.3 is 11.1 Å². The molecule has 1 saturated carbocycles. The van der Waals surface area contributed by atoms with Gasteiger partial charge in [-0.25, -0.2) is 0 Å². The lowest BCUT2D eigenvalue weighted by Gasteiger charge is -2.48. The molecule has 2 unspecified atom stereocenters. The van der Waals surface area contributed by atoms with Gasteiger partial charge in [0.15, 0.2) is 0 Å². The second kappa shape index (κ2) is 5.36. The van der Waals surface area contributed by atoms with Crippen molar-refractivity contribution in [2.24, 2.45) is 11.7 Å². The first-order valence-corrected chi connectivity index (χ1v) is 6.93. The molecule has 1 heterocycles. The summed E-state index contributed by atoms with van der Waals surface area (Å²) in [6.07, 6.45) is 5.57. The maximum Gasteiger partial charge on any atom is 0.238 e. The predicted molar refractivity (Wildman–Crippen MR) is 68.6 cm³/mol. The van der Waals surface area contributed by atoms with Crippen LogP contribution in [0, 0.1) is 5.92 Å². The molecule has 1 aliphatic carbocycles. The molecular formula is C13H25N3O. The molecule has 1 saturated heterocycles. The minimum Gasteiger partial charge on any atom is -0.368 e. The Morgan fingerprint density at radius 1 is 1.29 bits per heavy atom. The number of nitrogens with zero attached hydrogens (tertiary/aromatic N) is 1. The van der Waals surface area contributed by atoms with E-state index in [-0.39, 0.29) is 11.4 Å². The van der Waals surface area contributed by atoms with E-state index in [4.69, 9.17) is 5.73 Å². The predicted octanol–water partition coefficient (Wildman–Crippen LogP) is 0.716. The van der Waals surface area contributed by atoms with Crippen molar-refractivity contribution in [3.8, 4) is 0 Å². The minimum atomic E-state index is -0.371. The summed E-state index contributed by atoms with van der Waals surface area (Å²) in [6.45, 7) is 6.18. The Labute approximate surface area is 104 Å². The van der Waals surface area contributed by atoms with Crippen molar-refractivity contribution >= 4 is 5.91 Å². The number of rotatable bonds is 2. The van der Waals surface area contributed by atoms with E-state index < -0.39 is 0 Å². The van der Waals surface area contributed by atoms with Gasteiger partial charge in [0.25, 0.3) is 0 Å². The third-order valence-electron chi connectivity index (χ3n) is 4.59. The maximum absolute atomic E-state index is 12.1. The van der Waals surface area contributed by atoms with Gasteiger partial charge >= 0.3 is 0 Å². The van der Waals surface area contributed by atoms with Crippen LogP contribution in [0.4, 0.5) is 0 Å². The minimum absolute atomic E-state index is 0.105. The zero-order valence-electron chi connectivity index (χ0n) is 10.9. The van der Waals surface area contributed by atoms with Crippen molar-refractivity contribution in [3.05, 3.63) is 0 Å². The summed E-state index contributed by atoms with van der Waals surface area (Å²) in [5.74, 6) is 0.290. The van der Waals surface area contributed by atoms with E-state index >= 15 is 0 Å². The normalized spacial score (nSPS) is 36.4. The van der Waals surface area contributed by atoms with Crippen LogP contribution in [0.5, 0.6) is 0 Å². The molecule has 4 nitrogen and oxygen atoms in total. The first-order valence-electron chi connectivity index (χ1n) is 6.93.